The predicted octanol–water partition coefficient (Wildman–Crippen LogP) is 4.48. The maximum Gasteiger partial charge on any atom is 0.264 e. The molecule has 0 aliphatic heterocycles. The van der Waals surface area contributed by atoms with E-state index in [9.17, 15) is 18.0 Å². The Morgan fingerprint density at radius 1 is 0.868 bits per heavy atom. The zero-order valence-corrected chi connectivity index (χ0v) is 23.5. The molecule has 0 saturated heterocycles. The first-order valence-corrected chi connectivity index (χ1v) is 14.2. The van der Waals surface area contributed by atoms with Crippen molar-refractivity contribution in [3.8, 4) is 0 Å². The van der Waals surface area contributed by atoms with Crippen LogP contribution in [0.3, 0.4) is 0 Å². The van der Waals surface area contributed by atoms with Gasteiger partial charge < -0.3 is 10.2 Å². The van der Waals surface area contributed by atoms with E-state index in [0.717, 1.165) is 21.0 Å². The highest BCUT2D eigenvalue weighted by Crippen LogP contribution is 2.28. The van der Waals surface area contributed by atoms with Crippen molar-refractivity contribution in [3.63, 3.8) is 0 Å². The number of anilines is 1. The van der Waals surface area contributed by atoms with Gasteiger partial charge in [-0.1, -0.05) is 60.7 Å². The molecule has 3 aromatic rings. The molecule has 0 saturated carbocycles. The summed E-state index contributed by atoms with van der Waals surface area (Å²) in [6, 6.07) is 22.4. The van der Waals surface area contributed by atoms with Gasteiger partial charge in [-0.25, -0.2) is 8.42 Å². The van der Waals surface area contributed by atoms with Gasteiger partial charge in [-0.2, -0.15) is 0 Å². The number of nitrogens with zero attached hydrogens (tertiary/aromatic N) is 2. The fraction of sp³-hybridized carbons (Fsp3) is 0.333. The predicted molar refractivity (Wildman–Crippen MR) is 151 cm³/mol. The van der Waals surface area contributed by atoms with E-state index in [1.54, 1.807) is 31.2 Å². The summed E-state index contributed by atoms with van der Waals surface area (Å²) in [6.07, 6.45) is 0.529. The van der Waals surface area contributed by atoms with Crippen LogP contribution in [0.4, 0.5) is 5.69 Å². The lowest BCUT2D eigenvalue weighted by Crippen LogP contribution is -2.53. The Bertz CT molecular complexity index is 1340. The number of hydrogen-bond acceptors (Lipinski definition) is 4. The van der Waals surface area contributed by atoms with E-state index < -0.39 is 28.5 Å². The summed E-state index contributed by atoms with van der Waals surface area (Å²) in [5.41, 5.74) is 3.05. The van der Waals surface area contributed by atoms with Gasteiger partial charge in [-0.15, -0.1) is 0 Å². The van der Waals surface area contributed by atoms with Gasteiger partial charge in [0.15, 0.2) is 0 Å². The number of carbonyl (C=O) groups is 2. The molecule has 0 heterocycles. The Labute approximate surface area is 226 Å². The molecule has 0 aromatic heterocycles. The number of nitrogens with one attached hydrogen (secondary N) is 1. The van der Waals surface area contributed by atoms with Crippen molar-refractivity contribution in [2.75, 3.05) is 17.4 Å². The van der Waals surface area contributed by atoms with E-state index in [1.165, 1.54) is 17.0 Å². The molecule has 2 amide bonds. The smallest absolute Gasteiger partial charge is 0.264 e. The van der Waals surface area contributed by atoms with Crippen LogP contribution < -0.4 is 9.62 Å². The number of amides is 2. The van der Waals surface area contributed by atoms with Crippen LogP contribution in [0.25, 0.3) is 0 Å². The number of rotatable bonds is 11. The van der Waals surface area contributed by atoms with Crippen LogP contribution in [0.15, 0.2) is 83.8 Å². The molecule has 0 spiro atoms. The zero-order valence-electron chi connectivity index (χ0n) is 22.7. The Hall–Kier alpha value is -3.65. The van der Waals surface area contributed by atoms with Gasteiger partial charge in [-0.05, 0) is 75.9 Å². The van der Waals surface area contributed by atoms with Crippen molar-refractivity contribution in [1.29, 1.82) is 0 Å². The van der Waals surface area contributed by atoms with Gasteiger partial charge in [-0.3, -0.25) is 13.9 Å². The average Bonchev–Trinajstić information content (AvgIpc) is 2.89. The van der Waals surface area contributed by atoms with Crippen molar-refractivity contribution >= 4 is 27.5 Å². The van der Waals surface area contributed by atoms with Crippen molar-refractivity contribution in [1.82, 2.24) is 10.2 Å². The third kappa shape index (κ3) is 7.22. The second-order valence-corrected chi connectivity index (χ2v) is 11.6. The number of carbonyl (C=O) groups excluding carboxylic acids is 2. The summed E-state index contributed by atoms with van der Waals surface area (Å²) < 4.78 is 28.9. The molecule has 8 heteroatoms. The highest BCUT2D eigenvalue weighted by Gasteiger charge is 2.33. The van der Waals surface area contributed by atoms with Gasteiger partial charge in [0, 0.05) is 12.6 Å². The molecule has 1 atom stereocenters. The van der Waals surface area contributed by atoms with E-state index in [4.69, 9.17) is 0 Å². The van der Waals surface area contributed by atoms with Gasteiger partial charge in [0.25, 0.3) is 10.0 Å². The van der Waals surface area contributed by atoms with E-state index in [1.807, 2.05) is 70.2 Å². The third-order valence-corrected chi connectivity index (χ3v) is 8.10. The second-order valence-electron chi connectivity index (χ2n) is 9.78. The Kier molecular flexibility index (Phi) is 9.69. The quantitative estimate of drug-likeness (QED) is 0.392. The van der Waals surface area contributed by atoms with E-state index in [0.29, 0.717) is 12.1 Å². The summed E-state index contributed by atoms with van der Waals surface area (Å²) in [5.74, 6) is -0.738. The summed E-state index contributed by atoms with van der Waals surface area (Å²) in [5, 5.41) is 2.87. The number of aryl methyl sites for hydroxylation is 2. The fourth-order valence-corrected chi connectivity index (χ4v) is 5.69. The first-order chi connectivity index (χ1) is 18.0. The van der Waals surface area contributed by atoms with Gasteiger partial charge in [0.2, 0.25) is 11.8 Å². The number of benzene rings is 3. The topological polar surface area (TPSA) is 86.8 Å². The minimum atomic E-state index is -4.07. The van der Waals surface area contributed by atoms with Crippen molar-refractivity contribution in [3.05, 3.63) is 95.6 Å². The van der Waals surface area contributed by atoms with Crippen LogP contribution in [0.2, 0.25) is 0 Å². The highest BCUT2D eigenvalue weighted by atomic mass is 32.2. The zero-order chi connectivity index (χ0) is 27.9. The second kappa shape index (κ2) is 12.7. The van der Waals surface area contributed by atoms with Crippen LogP contribution in [-0.2, 0) is 26.0 Å². The number of hydrogen-bond donors (Lipinski definition) is 1. The normalized spacial score (nSPS) is 12.2. The van der Waals surface area contributed by atoms with Crippen LogP contribution in [-0.4, -0.2) is 50.3 Å². The lowest BCUT2D eigenvalue weighted by molar-refractivity contribution is -0.139. The Balaban J connectivity index is 2.01. The molecule has 3 aromatic carbocycles. The fourth-order valence-electron chi connectivity index (χ4n) is 4.20. The summed E-state index contributed by atoms with van der Waals surface area (Å²) in [4.78, 5) is 28.4. The molecule has 0 aliphatic carbocycles. The molecule has 38 heavy (non-hydrogen) atoms. The SMILES string of the molecule is Cc1ccc(C)c(N(CC(=O)N(CCc2ccccc2)C(C)C(=O)NC(C)C)S(=O)(=O)c2ccccc2)c1. The van der Waals surface area contributed by atoms with Crippen LogP contribution in [0.1, 0.15) is 37.5 Å². The highest BCUT2D eigenvalue weighted by molar-refractivity contribution is 7.92. The monoisotopic (exact) mass is 535 g/mol. The molecule has 0 fully saturated rings. The molecular formula is C30H37N3O4S. The molecule has 1 N–H and O–H groups in total. The van der Waals surface area contributed by atoms with Crippen LogP contribution in [0.5, 0.6) is 0 Å². The summed E-state index contributed by atoms with van der Waals surface area (Å²) in [7, 11) is -4.07. The van der Waals surface area contributed by atoms with Crippen molar-refractivity contribution < 1.29 is 18.0 Å². The van der Waals surface area contributed by atoms with Crippen molar-refractivity contribution in [2.45, 2.75) is 58.0 Å². The standard InChI is InChI=1S/C30H37N3O4S/c1-22(2)31-30(35)25(5)32(19-18-26-12-8-6-9-13-26)29(34)21-33(28-20-23(3)16-17-24(28)4)38(36,37)27-14-10-7-11-15-27/h6-17,20,22,25H,18-19,21H2,1-5H3,(H,31,35). The molecule has 202 valence electrons. The van der Waals surface area contributed by atoms with Crippen LogP contribution >= 0.6 is 0 Å². The lowest BCUT2D eigenvalue weighted by atomic mass is 10.1. The summed E-state index contributed by atoms with van der Waals surface area (Å²) >= 11 is 0. The molecular weight excluding hydrogens is 498 g/mol. The molecule has 0 aliphatic rings. The summed E-state index contributed by atoms with van der Waals surface area (Å²) in [6.45, 7) is 8.91. The minimum absolute atomic E-state index is 0.0927. The lowest BCUT2D eigenvalue weighted by Gasteiger charge is -2.32. The maximum atomic E-state index is 13.9. The van der Waals surface area contributed by atoms with E-state index in [-0.39, 0.29) is 23.4 Å². The molecule has 0 radical (unpaired) electrons. The first-order valence-electron chi connectivity index (χ1n) is 12.8. The van der Waals surface area contributed by atoms with E-state index >= 15 is 0 Å². The van der Waals surface area contributed by atoms with Gasteiger partial charge >= 0.3 is 0 Å². The average molecular weight is 536 g/mol. The number of sulfonamides is 1. The minimum Gasteiger partial charge on any atom is -0.352 e. The Morgan fingerprint density at radius 2 is 1.47 bits per heavy atom. The van der Waals surface area contributed by atoms with Gasteiger partial charge in [0.1, 0.15) is 12.6 Å². The van der Waals surface area contributed by atoms with Gasteiger partial charge in [0.05, 0.1) is 10.6 Å². The first kappa shape index (κ1) is 28.9. The maximum absolute atomic E-state index is 13.9. The third-order valence-electron chi connectivity index (χ3n) is 6.33. The Morgan fingerprint density at radius 3 is 2.08 bits per heavy atom. The molecule has 1 unspecified atom stereocenters. The van der Waals surface area contributed by atoms with Crippen LogP contribution in [0, 0.1) is 13.8 Å². The molecule has 3 rings (SSSR count). The van der Waals surface area contributed by atoms with Crippen molar-refractivity contribution in [2.24, 2.45) is 0 Å². The largest absolute Gasteiger partial charge is 0.352 e. The molecule has 7 nitrogen and oxygen atoms in total. The molecule has 0 bridgehead atoms. The van der Waals surface area contributed by atoms with E-state index in [2.05, 4.69) is 5.32 Å².